The van der Waals surface area contributed by atoms with Crippen molar-refractivity contribution in [2.24, 2.45) is 0 Å². The van der Waals surface area contributed by atoms with Crippen molar-refractivity contribution in [3.63, 3.8) is 0 Å². The van der Waals surface area contributed by atoms with Crippen LogP contribution in [0.4, 0.5) is 0 Å². The molecule has 0 unspecified atom stereocenters. The molecule has 0 aliphatic heterocycles. The van der Waals surface area contributed by atoms with Gasteiger partial charge < -0.3 is 5.11 Å². The molecular weight excluding hydrogens is 266 g/mol. The fourth-order valence-electron chi connectivity index (χ4n) is 1.87. The van der Waals surface area contributed by atoms with E-state index in [1.165, 1.54) is 6.07 Å². The maximum absolute atomic E-state index is 12.2. The van der Waals surface area contributed by atoms with Crippen molar-refractivity contribution in [2.45, 2.75) is 44.6 Å². The van der Waals surface area contributed by atoms with Crippen molar-refractivity contribution in [3.8, 4) is 0 Å². The van der Waals surface area contributed by atoms with Gasteiger partial charge in [0, 0.05) is 0 Å². The Morgan fingerprint density at radius 1 is 1.37 bits per heavy atom. The number of hydrogen-bond donors (Lipinski definition) is 2. The lowest BCUT2D eigenvalue weighted by molar-refractivity contribution is -0.139. The number of carboxylic acid groups (broad SMARTS) is 1. The van der Waals surface area contributed by atoms with Crippen molar-refractivity contribution in [2.75, 3.05) is 0 Å². The lowest BCUT2D eigenvalue weighted by Gasteiger charge is -2.15. The minimum absolute atomic E-state index is 0.125. The summed E-state index contributed by atoms with van der Waals surface area (Å²) in [6.45, 7) is 5.37. The first-order valence-corrected chi connectivity index (χ1v) is 7.58. The highest BCUT2D eigenvalue weighted by Gasteiger charge is 2.25. The van der Waals surface area contributed by atoms with Crippen LogP contribution in [0.1, 0.15) is 30.9 Å². The van der Waals surface area contributed by atoms with Gasteiger partial charge in [0.25, 0.3) is 0 Å². The summed E-state index contributed by atoms with van der Waals surface area (Å²) < 4.78 is 26.6. The standard InChI is InChI=1S/C13H19NO4S/c1-4-5-11(13(15)16)14-19(17,18)12-7-6-9(2)8-10(12)3/h6-8,11,14H,4-5H2,1-3H3,(H,15,16)/t11-/m1/s1. The predicted octanol–water partition coefficient (Wildman–Crippen LogP) is 1.84. The van der Waals surface area contributed by atoms with Gasteiger partial charge in [0.15, 0.2) is 0 Å². The van der Waals surface area contributed by atoms with Gasteiger partial charge in [-0.3, -0.25) is 4.79 Å². The van der Waals surface area contributed by atoms with E-state index in [0.29, 0.717) is 12.0 Å². The van der Waals surface area contributed by atoms with E-state index >= 15 is 0 Å². The Hall–Kier alpha value is -1.40. The average molecular weight is 285 g/mol. The molecule has 6 heteroatoms. The summed E-state index contributed by atoms with van der Waals surface area (Å²) in [5.74, 6) is -1.16. The number of sulfonamides is 1. The van der Waals surface area contributed by atoms with Crippen molar-refractivity contribution in [1.29, 1.82) is 0 Å². The molecule has 1 aromatic carbocycles. The van der Waals surface area contributed by atoms with Gasteiger partial charge in [-0.05, 0) is 31.9 Å². The fourth-order valence-corrected chi connectivity index (χ4v) is 3.32. The van der Waals surface area contributed by atoms with Crippen LogP contribution in [0, 0.1) is 13.8 Å². The zero-order chi connectivity index (χ0) is 14.6. The van der Waals surface area contributed by atoms with Crippen LogP contribution in [0.15, 0.2) is 23.1 Å². The van der Waals surface area contributed by atoms with Crippen molar-refractivity contribution >= 4 is 16.0 Å². The highest BCUT2D eigenvalue weighted by atomic mass is 32.2. The molecule has 1 atom stereocenters. The second kappa shape index (κ2) is 6.16. The zero-order valence-corrected chi connectivity index (χ0v) is 12.1. The number of benzene rings is 1. The van der Waals surface area contributed by atoms with Crippen LogP contribution >= 0.6 is 0 Å². The highest BCUT2D eigenvalue weighted by molar-refractivity contribution is 7.89. The topological polar surface area (TPSA) is 83.5 Å². The minimum Gasteiger partial charge on any atom is -0.480 e. The average Bonchev–Trinajstić information content (AvgIpc) is 2.27. The first-order chi connectivity index (χ1) is 8.77. The molecule has 0 amide bonds. The van der Waals surface area contributed by atoms with Crippen LogP contribution < -0.4 is 4.72 Å². The van der Waals surface area contributed by atoms with Gasteiger partial charge in [0.05, 0.1) is 4.90 Å². The van der Waals surface area contributed by atoms with Gasteiger partial charge >= 0.3 is 5.97 Å². The van der Waals surface area contributed by atoms with E-state index in [1.807, 2.05) is 6.92 Å². The Kier molecular flexibility index (Phi) is 5.08. The molecule has 1 aromatic rings. The lowest BCUT2D eigenvalue weighted by atomic mass is 10.2. The number of carboxylic acids is 1. The molecular formula is C13H19NO4S. The number of rotatable bonds is 6. The largest absolute Gasteiger partial charge is 0.480 e. The van der Waals surface area contributed by atoms with Gasteiger partial charge in [-0.15, -0.1) is 0 Å². The normalized spacial score (nSPS) is 13.2. The van der Waals surface area contributed by atoms with Crippen molar-refractivity contribution in [3.05, 3.63) is 29.3 Å². The van der Waals surface area contributed by atoms with Crippen LogP contribution in [0.2, 0.25) is 0 Å². The summed E-state index contributed by atoms with van der Waals surface area (Å²) in [6, 6.07) is 3.86. The molecule has 5 nitrogen and oxygen atoms in total. The SMILES string of the molecule is CCC[C@@H](NS(=O)(=O)c1ccc(C)cc1C)C(=O)O. The third-order valence-corrected chi connectivity index (χ3v) is 4.42. The van der Waals surface area contributed by atoms with Gasteiger partial charge in [0.2, 0.25) is 10.0 Å². The molecule has 19 heavy (non-hydrogen) atoms. The second-order valence-corrected chi connectivity index (χ2v) is 6.25. The minimum atomic E-state index is -3.80. The number of carbonyl (C=O) groups is 1. The van der Waals surface area contributed by atoms with E-state index in [0.717, 1.165) is 5.56 Å². The molecule has 0 saturated carbocycles. The Balaban J connectivity index is 3.06. The van der Waals surface area contributed by atoms with E-state index in [9.17, 15) is 13.2 Å². The molecule has 0 heterocycles. The maximum atomic E-state index is 12.2. The Labute approximate surface area is 113 Å². The molecule has 2 N–H and O–H groups in total. The molecule has 0 aliphatic carbocycles. The van der Waals surface area contributed by atoms with Gasteiger partial charge in [-0.2, -0.15) is 4.72 Å². The van der Waals surface area contributed by atoms with E-state index in [-0.39, 0.29) is 11.3 Å². The van der Waals surface area contributed by atoms with Crippen LogP contribution in [0.5, 0.6) is 0 Å². The van der Waals surface area contributed by atoms with Crippen LogP contribution in [0.25, 0.3) is 0 Å². The Bertz CT molecular complexity index is 566. The van der Waals surface area contributed by atoms with Gasteiger partial charge in [-0.25, -0.2) is 8.42 Å². The molecule has 0 bridgehead atoms. The predicted molar refractivity (Wildman–Crippen MR) is 72.6 cm³/mol. The van der Waals surface area contributed by atoms with Gasteiger partial charge in [0.1, 0.15) is 6.04 Å². The summed E-state index contributed by atoms with van der Waals surface area (Å²) in [4.78, 5) is 11.1. The number of hydrogen-bond acceptors (Lipinski definition) is 3. The first kappa shape index (κ1) is 15.7. The van der Waals surface area contributed by atoms with Gasteiger partial charge in [-0.1, -0.05) is 31.0 Å². The number of aryl methyl sites for hydroxylation is 2. The summed E-state index contributed by atoms with van der Waals surface area (Å²) in [5.41, 5.74) is 1.56. The third-order valence-electron chi connectivity index (χ3n) is 2.79. The monoisotopic (exact) mass is 285 g/mol. The smallest absolute Gasteiger partial charge is 0.321 e. The zero-order valence-electron chi connectivity index (χ0n) is 11.3. The van der Waals surface area contributed by atoms with Crippen LogP contribution in [-0.4, -0.2) is 25.5 Å². The van der Waals surface area contributed by atoms with Crippen molar-refractivity contribution < 1.29 is 18.3 Å². The molecule has 0 aromatic heterocycles. The summed E-state index contributed by atoms with van der Waals surface area (Å²) in [5, 5.41) is 9.00. The molecule has 0 spiro atoms. The second-order valence-electron chi connectivity index (χ2n) is 4.57. The quantitative estimate of drug-likeness (QED) is 0.835. The molecule has 106 valence electrons. The van der Waals surface area contributed by atoms with Crippen LogP contribution in [0.3, 0.4) is 0 Å². The Morgan fingerprint density at radius 2 is 2.00 bits per heavy atom. The summed E-state index contributed by atoms with van der Waals surface area (Å²) >= 11 is 0. The first-order valence-electron chi connectivity index (χ1n) is 6.10. The molecule has 0 radical (unpaired) electrons. The molecule has 1 rings (SSSR count). The van der Waals surface area contributed by atoms with Crippen LogP contribution in [-0.2, 0) is 14.8 Å². The van der Waals surface area contributed by atoms with E-state index in [2.05, 4.69) is 4.72 Å². The number of nitrogens with one attached hydrogen (secondary N) is 1. The maximum Gasteiger partial charge on any atom is 0.321 e. The number of aliphatic carboxylic acids is 1. The van der Waals surface area contributed by atoms with E-state index < -0.39 is 22.0 Å². The molecule has 0 saturated heterocycles. The van der Waals surface area contributed by atoms with Crippen molar-refractivity contribution in [1.82, 2.24) is 4.72 Å². The summed E-state index contributed by atoms with van der Waals surface area (Å²) in [7, 11) is -3.80. The Morgan fingerprint density at radius 3 is 2.47 bits per heavy atom. The van der Waals surface area contributed by atoms with E-state index in [4.69, 9.17) is 5.11 Å². The third kappa shape index (κ3) is 4.04. The highest BCUT2D eigenvalue weighted by Crippen LogP contribution is 2.17. The fraction of sp³-hybridized carbons (Fsp3) is 0.462. The molecule has 0 aliphatic rings. The van der Waals surface area contributed by atoms with E-state index in [1.54, 1.807) is 26.0 Å². The summed E-state index contributed by atoms with van der Waals surface area (Å²) in [6.07, 6.45) is 0.853. The molecule has 0 fully saturated rings. The lowest BCUT2D eigenvalue weighted by Crippen LogP contribution is -2.40.